The van der Waals surface area contributed by atoms with Gasteiger partial charge in [0.05, 0.1) is 13.7 Å². The number of nitrogens with zero attached hydrogens (tertiary/aromatic N) is 1. The number of ether oxygens (including phenoxy) is 2. The van der Waals surface area contributed by atoms with Crippen molar-refractivity contribution in [3.63, 3.8) is 0 Å². The van der Waals surface area contributed by atoms with Gasteiger partial charge in [-0.15, -0.1) is 0 Å². The minimum Gasteiger partial charge on any atom is -0.493 e. The first-order valence-electron chi connectivity index (χ1n) is 7.96. The van der Waals surface area contributed by atoms with E-state index in [-0.39, 0.29) is 11.9 Å². The highest BCUT2D eigenvalue weighted by Crippen LogP contribution is 2.28. The molecule has 0 aliphatic carbocycles. The zero-order valence-electron chi connectivity index (χ0n) is 14.6. The molecule has 0 spiro atoms. The Hall–Kier alpha value is -2.50. The summed E-state index contributed by atoms with van der Waals surface area (Å²) >= 11 is 0. The zero-order chi connectivity index (χ0) is 17.7. The van der Waals surface area contributed by atoms with Crippen molar-refractivity contribution in [3.8, 4) is 11.5 Å². The van der Waals surface area contributed by atoms with Crippen LogP contribution < -0.4 is 14.8 Å². The summed E-state index contributed by atoms with van der Waals surface area (Å²) in [5.41, 5.74) is 0.201. The van der Waals surface area contributed by atoms with E-state index in [2.05, 4.69) is 5.32 Å². The van der Waals surface area contributed by atoms with Crippen molar-refractivity contribution in [1.29, 1.82) is 0 Å². The van der Waals surface area contributed by atoms with Crippen LogP contribution in [0.15, 0.2) is 24.3 Å². The van der Waals surface area contributed by atoms with Gasteiger partial charge in [0.15, 0.2) is 11.5 Å². The van der Waals surface area contributed by atoms with E-state index in [0.717, 1.165) is 5.56 Å². The molecule has 1 aliphatic heterocycles. The molecule has 1 fully saturated rings. The van der Waals surface area contributed by atoms with Crippen LogP contribution in [0.25, 0.3) is 6.08 Å². The summed E-state index contributed by atoms with van der Waals surface area (Å²) in [4.78, 5) is 25.1. The van der Waals surface area contributed by atoms with E-state index in [1.165, 1.54) is 4.90 Å². The molecule has 0 saturated carbocycles. The Bertz CT molecular complexity index is 652. The van der Waals surface area contributed by atoms with Gasteiger partial charge < -0.3 is 14.8 Å². The quantitative estimate of drug-likeness (QED) is 0.616. The molecule has 0 aromatic heterocycles. The lowest BCUT2D eigenvalue weighted by Gasteiger charge is -2.16. The third-order valence-corrected chi connectivity index (χ3v) is 3.77. The molecule has 24 heavy (non-hydrogen) atoms. The fraction of sp³-hybridized carbons (Fsp3) is 0.444. The lowest BCUT2D eigenvalue weighted by Crippen LogP contribution is -2.40. The summed E-state index contributed by atoms with van der Waals surface area (Å²) < 4.78 is 11.1. The first-order valence-corrected chi connectivity index (χ1v) is 7.96. The Balaban J connectivity index is 1.89. The molecule has 0 unspecified atom stereocenters. The van der Waals surface area contributed by atoms with Crippen LogP contribution in [0.4, 0.5) is 4.79 Å². The van der Waals surface area contributed by atoms with E-state index >= 15 is 0 Å². The number of hydrogen-bond acceptors (Lipinski definition) is 4. The number of carbonyl (C=O) groups is 2. The second-order valence-corrected chi connectivity index (χ2v) is 6.12. The number of carbonyl (C=O) groups excluding carboxylic acids is 2. The molecule has 1 aromatic carbocycles. The van der Waals surface area contributed by atoms with Crippen LogP contribution >= 0.6 is 0 Å². The minimum atomic E-state index is -0.830. The maximum absolute atomic E-state index is 12.1. The monoisotopic (exact) mass is 332 g/mol. The van der Waals surface area contributed by atoms with Crippen molar-refractivity contribution in [2.24, 2.45) is 0 Å². The van der Waals surface area contributed by atoms with Gasteiger partial charge in [-0.3, -0.25) is 9.69 Å². The van der Waals surface area contributed by atoms with Crippen molar-refractivity contribution in [2.45, 2.75) is 32.7 Å². The molecular weight excluding hydrogens is 308 g/mol. The van der Waals surface area contributed by atoms with Gasteiger partial charge in [0.1, 0.15) is 5.54 Å². The number of benzene rings is 1. The molecule has 6 heteroatoms. The van der Waals surface area contributed by atoms with Gasteiger partial charge in [-0.05, 0) is 44.9 Å². The molecule has 6 nitrogen and oxygen atoms in total. The van der Waals surface area contributed by atoms with Crippen LogP contribution in [-0.2, 0) is 4.79 Å². The number of allylic oxidation sites excluding steroid dienone is 1. The number of methoxy groups -OCH3 is 1. The molecule has 1 N–H and O–H groups in total. The Morgan fingerprint density at radius 3 is 2.58 bits per heavy atom. The van der Waals surface area contributed by atoms with Gasteiger partial charge in [0.25, 0.3) is 5.91 Å². The first kappa shape index (κ1) is 17.8. The van der Waals surface area contributed by atoms with Gasteiger partial charge in [0.2, 0.25) is 0 Å². The van der Waals surface area contributed by atoms with E-state index in [0.29, 0.717) is 31.1 Å². The van der Waals surface area contributed by atoms with Crippen molar-refractivity contribution < 1.29 is 19.1 Å². The third-order valence-electron chi connectivity index (χ3n) is 3.77. The molecule has 0 bridgehead atoms. The molecule has 1 saturated heterocycles. The van der Waals surface area contributed by atoms with Crippen LogP contribution in [0, 0.1) is 0 Å². The predicted molar refractivity (Wildman–Crippen MR) is 92.1 cm³/mol. The second-order valence-electron chi connectivity index (χ2n) is 6.12. The molecular formula is C18H24N2O4. The Labute approximate surface area is 142 Å². The second kappa shape index (κ2) is 7.38. The lowest BCUT2D eigenvalue weighted by atomic mass is 10.1. The van der Waals surface area contributed by atoms with Crippen LogP contribution in [0.3, 0.4) is 0 Å². The average Bonchev–Trinajstić information content (AvgIpc) is 2.73. The molecule has 3 amide bonds. The number of rotatable bonds is 7. The number of hydrogen-bond donors (Lipinski definition) is 1. The van der Waals surface area contributed by atoms with Crippen LogP contribution in [0.2, 0.25) is 0 Å². The largest absolute Gasteiger partial charge is 0.493 e. The number of imide groups is 1. The Morgan fingerprint density at radius 1 is 1.25 bits per heavy atom. The lowest BCUT2D eigenvalue weighted by molar-refractivity contribution is -0.130. The van der Waals surface area contributed by atoms with Crippen LogP contribution in [-0.4, -0.2) is 42.6 Å². The molecule has 130 valence electrons. The third kappa shape index (κ3) is 3.88. The van der Waals surface area contributed by atoms with Crippen molar-refractivity contribution in [2.75, 3.05) is 20.3 Å². The topological polar surface area (TPSA) is 67.9 Å². The summed E-state index contributed by atoms with van der Waals surface area (Å²) in [6.45, 7) is 6.06. The van der Waals surface area contributed by atoms with Crippen molar-refractivity contribution in [1.82, 2.24) is 10.2 Å². The fourth-order valence-electron chi connectivity index (χ4n) is 2.53. The summed E-state index contributed by atoms with van der Waals surface area (Å²) in [6, 6.07) is 5.34. The zero-order valence-corrected chi connectivity index (χ0v) is 14.6. The average molecular weight is 332 g/mol. The molecule has 2 rings (SSSR count). The van der Waals surface area contributed by atoms with E-state index in [1.807, 2.05) is 37.3 Å². The smallest absolute Gasteiger partial charge is 0.325 e. The Morgan fingerprint density at radius 2 is 2.00 bits per heavy atom. The summed E-state index contributed by atoms with van der Waals surface area (Å²) in [5, 5.41) is 2.66. The van der Waals surface area contributed by atoms with Crippen LogP contribution in [0.5, 0.6) is 11.5 Å². The highest BCUT2D eigenvalue weighted by atomic mass is 16.5. The maximum Gasteiger partial charge on any atom is 0.325 e. The van der Waals surface area contributed by atoms with E-state index in [9.17, 15) is 9.59 Å². The predicted octanol–water partition coefficient (Wildman–Crippen LogP) is 2.83. The molecule has 0 atom stereocenters. The van der Waals surface area contributed by atoms with Gasteiger partial charge in [-0.1, -0.05) is 18.2 Å². The fourth-order valence-corrected chi connectivity index (χ4v) is 2.53. The van der Waals surface area contributed by atoms with E-state index in [1.54, 1.807) is 21.0 Å². The molecule has 0 radical (unpaired) electrons. The van der Waals surface area contributed by atoms with Crippen molar-refractivity contribution in [3.05, 3.63) is 29.8 Å². The minimum absolute atomic E-state index is 0.208. The number of urea groups is 1. The highest BCUT2D eigenvalue weighted by molar-refractivity contribution is 6.06. The standard InChI is InChI=1S/C18H24N2O4/c1-5-7-13-8-9-14(15(12-13)23-4)24-11-6-10-20-16(21)18(2,3)19-17(20)22/h5,7-9,12H,6,10-11H2,1-4H3,(H,19,22)/b7-5+. The molecule has 1 aromatic rings. The SMILES string of the molecule is C/C=C/c1ccc(OCCCN2C(=O)NC(C)(C)C2=O)c(OC)c1. The van der Waals surface area contributed by atoms with Gasteiger partial charge in [0, 0.05) is 6.54 Å². The number of amides is 3. The molecule has 1 aliphatic rings. The molecule has 1 heterocycles. The Kier molecular flexibility index (Phi) is 5.49. The van der Waals surface area contributed by atoms with Gasteiger partial charge in [-0.25, -0.2) is 4.79 Å². The number of nitrogens with one attached hydrogen (secondary N) is 1. The van der Waals surface area contributed by atoms with Gasteiger partial charge >= 0.3 is 6.03 Å². The van der Waals surface area contributed by atoms with E-state index in [4.69, 9.17) is 9.47 Å². The maximum atomic E-state index is 12.1. The normalized spacial score (nSPS) is 16.6. The van der Waals surface area contributed by atoms with Crippen molar-refractivity contribution >= 4 is 18.0 Å². The summed E-state index contributed by atoms with van der Waals surface area (Å²) in [7, 11) is 1.59. The summed E-state index contributed by atoms with van der Waals surface area (Å²) in [6.07, 6.45) is 4.48. The summed E-state index contributed by atoms with van der Waals surface area (Å²) in [5.74, 6) is 1.09. The highest BCUT2D eigenvalue weighted by Gasteiger charge is 2.43. The van der Waals surface area contributed by atoms with Crippen LogP contribution in [0.1, 0.15) is 32.8 Å². The van der Waals surface area contributed by atoms with Gasteiger partial charge in [-0.2, -0.15) is 0 Å². The van der Waals surface area contributed by atoms with E-state index < -0.39 is 5.54 Å². The first-order chi connectivity index (χ1) is 11.4.